The third-order valence-corrected chi connectivity index (χ3v) is 13.0. The lowest BCUT2D eigenvalue weighted by Crippen LogP contribution is -2.26. The van der Waals surface area contributed by atoms with Crippen LogP contribution in [0.4, 0.5) is 0 Å². The molecule has 0 bridgehead atoms. The largest absolute Gasteiger partial charge is 0.392 e. The molecular formula is C47H96N2O2S2. The van der Waals surface area contributed by atoms with Gasteiger partial charge in [0.2, 0.25) is 0 Å². The van der Waals surface area contributed by atoms with Crippen LogP contribution in [-0.2, 0) is 4.18 Å². The molecule has 0 aromatic carbocycles. The third kappa shape index (κ3) is 40.3. The fourth-order valence-corrected chi connectivity index (χ4v) is 9.40. The Labute approximate surface area is 343 Å². The molecule has 0 amide bonds. The summed E-state index contributed by atoms with van der Waals surface area (Å²) in [5.41, 5.74) is 0. The molecule has 2 atom stereocenters. The third-order valence-electron chi connectivity index (χ3n) is 11.0. The van der Waals surface area contributed by atoms with Crippen molar-refractivity contribution in [2.45, 2.75) is 220 Å². The highest BCUT2D eigenvalue weighted by Gasteiger charge is 2.13. The highest BCUT2D eigenvalue weighted by Crippen LogP contribution is 2.24. The zero-order chi connectivity index (χ0) is 38.7. The lowest BCUT2D eigenvalue weighted by atomic mass is 9.95. The zero-order valence-corrected chi connectivity index (χ0v) is 38.4. The Hall–Kier alpha value is 0.280. The predicted octanol–water partition coefficient (Wildman–Crippen LogP) is 15.1. The van der Waals surface area contributed by atoms with Crippen molar-refractivity contribution in [1.29, 1.82) is 0 Å². The Morgan fingerprint density at radius 1 is 0.528 bits per heavy atom. The van der Waals surface area contributed by atoms with Crippen molar-refractivity contribution in [3.8, 4) is 0 Å². The summed E-state index contributed by atoms with van der Waals surface area (Å²) in [7, 11) is 2.21. The van der Waals surface area contributed by atoms with Crippen LogP contribution in [0.3, 0.4) is 0 Å². The molecule has 0 heterocycles. The van der Waals surface area contributed by atoms with Crippen LogP contribution >= 0.6 is 24.0 Å². The standard InChI is InChI=1S/C47H96N2O2S2/c1-6-10-14-26-36-46(34-12-8-3)44-48(5)53-51-42-32-24-20-16-18-22-28-38-49(40-30-31-41-50)39-29-23-19-17-21-25-33-43-52-45-47(35-13-9-4)37-27-15-11-7-2/h30-31,46-47,50H,6-29,32-45H2,1-5H3/b31-30+. The molecule has 318 valence electrons. The van der Waals surface area contributed by atoms with Crippen molar-refractivity contribution in [2.24, 2.45) is 11.8 Å². The van der Waals surface area contributed by atoms with E-state index in [2.05, 4.69) is 61.8 Å². The summed E-state index contributed by atoms with van der Waals surface area (Å²) in [5, 5.41) is 9.21. The molecule has 0 radical (unpaired) electrons. The van der Waals surface area contributed by atoms with Crippen molar-refractivity contribution in [2.75, 3.05) is 57.9 Å². The Morgan fingerprint density at radius 3 is 1.57 bits per heavy atom. The van der Waals surface area contributed by atoms with Gasteiger partial charge in [0, 0.05) is 13.1 Å². The van der Waals surface area contributed by atoms with Crippen LogP contribution in [0.5, 0.6) is 0 Å². The molecule has 0 spiro atoms. The van der Waals surface area contributed by atoms with E-state index in [1.54, 1.807) is 12.2 Å². The van der Waals surface area contributed by atoms with Gasteiger partial charge in [-0.2, -0.15) is 11.8 Å². The van der Waals surface area contributed by atoms with Crippen LogP contribution in [0.1, 0.15) is 220 Å². The van der Waals surface area contributed by atoms with Crippen LogP contribution < -0.4 is 0 Å². The van der Waals surface area contributed by atoms with Gasteiger partial charge in [-0.15, -0.1) is 0 Å². The highest BCUT2D eigenvalue weighted by atomic mass is 32.2. The van der Waals surface area contributed by atoms with Gasteiger partial charge in [-0.1, -0.05) is 181 Å². The van der Waals surface area contributed by atoms with Gasteiger partial charge in [0.15, 0.2) is 0 Å². The number of nitrogens with zero attached hydrogens (tertiary/aromatic N) is 2. The van der Waals surface area contributed by atoms with Gasteiger partial charge in [0.25, 0.3) is 0 Å². The van der Waals surface area contributed by atoms with Gasteiger partial charge in [0.05, 0.1) is 25.4 Å². The molecule has 53 heavy (non-hydrogen) atoms. The first-order chi connectivity index (χ1) is 26.1. The minimum absolute atomic E-state index is 0.157. The molecule has 0 aromatic rings. The van der Waals surface area contributed by atoms with Crippen molar-refractivity contribution in [3.63, 3.8) is 0 Å². The van der Waals surface area contributed by atoms with Crippen LogP contribution in [-0.4, -0.2) is 72.3 Å². The second-order valence-electron chi connectivity index (χ2n) is 16.4. The maximum atomic E-state index is 9.21. The van der Waals surface area contributed by atoms with Crippen LogP contribution in [0, 0.1) is 11.8 Å². The molecule has 0 aliphatic rings. The number of unbranched alkanes of at least 4 members (excludes halogenated alkanes) is 20. The summed E-state index contributed by atoms with van der Waals surface area (Å²) in [5.74, 6) is 4.57. The first-order valence-corrected chi connectivity index (χ1v) is 25.5. The van der Waals surface area contributed by atoms with Crippen molar-refractivity contribution in [1.82, 2.24) is 9.21 Å². The van der Waals surface area contributed by atoms with Gasteiger partial charge in [-0.3, -0.25) is 4.90 Å². The SMILES string of the molecule is CCCCCCC(CCCC)CSCCCCCCCCCN(C/C=C/CO)CCCCCCCCCOSN(C)CC(CCCC)CCCCCC. The topological polar surface area (TPSA) is 35.9 Å². The summed E-state index contributed by atoms with van der Waals surface area (Å²) in [6.07, 6.45) is 45.2. The molecule has 0 aliphatic heterocycles. The first kappa shape index (κ1) is 53.3. The maximum absolute atomic E-state index is 9.21. The maximum Gasteiger partial charge on any atom is 0.0816 e. The number of rotatable bonds is 45. The van der Waals surface area contributed by atoms with Crippen LogP contribution in [0.25, 0.3) is 0 Å². The fraction of sp³-hybridized carbons (Fsp3) is 0.957. The molecule has 0 saturated carbocycles. The summed E-state index contributed by atoms with van der Waals surface area (Å²) in [6.45, 7) is 14.9. The van der Waals surface area contributed by atoms with E-state index in [1.165, 1.54) is 217 Å². The van der Waals surface area contributed by atoms with E-state index < -0.39 is 0 Å². The predicted molar refractivity (Wildman–Crippen MR) is 244 cm³/mol. The molecule has 0 aromatic heterocycles. The lowest BCUT2D eigenvalue weighted by Gasteiger charge is -2.22. The molecular weight excluding hydrogens is 689 g/mol. The van der Waals surface area contributed by atoms with Gasteiger partial charge >= 0.3 is 0 Å². The van der Waals surface area contributed by atoms with Gasteiger partial charge < -0.3 is 9.29 Å². The molecule has 0 saturated heterocycles. The number of hydrogen-bond donors (Lipinski definition) is 1. The zero-order valence-electron chi connectivity index (χ0n) is 36.7. The smallest absolute Gasteiger partial charge is 0.0816 e. The number of aliphatic hydroxyl groups excluding tert-OH is 1. The molecule has 0 rings (SSSR count). The van der Waals surface area contributed by atoms with Crippen molar-refractivity contribution in [3.05, 3.63) is 12.2 Å². The van der Waals surface area contributed by atoms with Crippen molar-refractivity contribution >= 4 is 24.0 Å². The first-order valence-electron chi connectivity index (χ1n) is 23.7. The molecule has 0 aliphatic carbocycles. The second kappa shape index (κ2) is 45.0. The Morgan fingerprint density at radius 2 is 1.00 bits per heavy atom. The quantitative estimate of drug-likeness (QED) is 0.0287. The molecule has 6 heteroatoms. The van der Waals surface area contributed by atoms with Crippen molar-refractivity contribution < 1.29 is 9.29 Å². The van der Waals surface area contributed by atoms with E-state index in [4.69, 9.17) is 4.18 Å². The van der Waals surface area contributed by atoms with E-state index in [9.17, 15) is 5.11 Å². The van der Waals surface area contributed by atoms with Gasteiger partial charge in [0.1, 0.15) is 0 Å². The summed E-state index contributed by atoms with van der Waals surface area (Å²) in [6, 6.07) is 0. The minimum atomic E-state index is 0.157. The highest BCUT2D eigenvalue weighted by molar-refractivity contribution is 7.99. The fourth-order valence-electron chi connectivity index (χ4n) is 7.51. The monoisotopic (exact) mass is 785 g/mol. The second-order valence-corrected chi connectivity index (χ2v) is 18.6. The normalized spacial score (nSPS) is 13.3. The molecule has 0 fully saturated rings. The average molecular weight is 785 g/mol. The summed E-state index contributed by atoms with van der Waals surface area (Å²) in [4.78, 5) is 2.62. The van der Waals surface area contributed by atoms with Crippen LogP contribution in [0.2, 0.25) is 0 Å². The average Bonchev–Trinajstić information content (AvgIpc) is 3.16. The Kier molecular flexibility index (Phi) is 45.2. The molecule has 2 unspecified atom stereocenters. The Balaban J connectivity index is 3.88. The molecule has 1 N–H and O–H groups in total. The van der Waals surface area contributed by atoms with E-state index in [1.807, 2.05) is 6.08 Å². The number of thioether (sulfide) groups is 1. The number of hydrogen-bond acceptors (Lipinski definition) is 6. The molecule has 4 nitrogen and oxygen atoms in total. The minimum Gasteiger partial charge on any atom is -0.392 e. The van der Waals surface area contributed by atoms with E-state index in [-0.39, 0.29) is 6.61 Å². The van der Waals surface area contributed by atoms with Gasteiger partial charge in [-0.25, -0.2) is 4.31 Å². The summed E-state index contributed by atoms with van der Waals surface area (Å²) >= 11 is 3.84. The van der Waals surface area contributed by atoms with E-state index >= 15 is 0 Å². The van der Waals surface area contributed by atoms with Gasteiger partial charge in [-0.05, 0) is 94.8 Å². The summed E-state index contributed by atoms with van der Waals surface area (Å²) < 4.78 is 8.32. The number of aliphatic hydroxyl groups is 1. The van der Waals surface area contributed by atoms with Crippen LogP contribution in [0.15, 0.2) is 12.2 Å². The van der Waals surface area contributed by atoms with E-state index in [0.29, 0.717) is 0 Å². The van der Waals surface area contributed by atoms with E-state index in [0.717, 1.165) is 31.5 Å². The Bertz CT molecular complexity index is 712. The lowest BCUT2D eigenvalue weighted by molar-refractivity contribution is 0.284.